The number of H-pyrrole nitrogens is 1. The lowest BCUT2D eigenvalue weighted by Gasteiger charge is -2.09. The van der Waals surface area contributed by atoms with Gasteiger partial charge in [-0.2, -0.15) is 13.2 Å². The first-order valence-electron chi connectivity index (χ1n) is 7.93. The molecule has 3 rings (SSSR count). The minimum Gasteiger partial charge on any atom is -0.465 e. The van der Waals surface area contributed by atoms with Gasteiger partial charge in [0, 0.05) is 22.8 Å². The molecule has 0 atom stereocenters. The summed E-state index contributed by atoms with van der Waals surface area (Å²) in [4.78, 5) is 38.8. The number of anilines is 1. The van der Waals surface area contributed by atoms with Gasteiger partial charge in [-0.15, -0.1) is 0 Å². The Morgan fingerprint density at radius 1 is 1.07 bits per heavy atom. The molecule has 0 aliphatic rings. The normalized spacial score (nSPS) is 11.3. The third-order valence-corrected chi connectivity index (χ3v) is 4.02. The number of carbonyl (C=O) groups is 2. The zero-order valence-corrected chi connectivity index (χ0v) is 14.4. The van der Waals surface area contributed by atoms with Gasteiger partial charge in [0.15, 0.2) is 0 Å². The maximum atomic E-state index is 12.8. The molecule has 1 amide bonds. The van der Waals surface area contributed by atoms with Crippen LogP contribution in [-0.4, -0.2) is 24.0 Å². The molecule has 0 saturated carbocycles. The van der Waals surface area contributed by atoms with E-state index in [1.54, 1.807) is 0 Å². The summed E-state index contributed by atoms with van der Waals surface area (Å²) in [7, 11) is 1.24. The number of benzene rings is 2. The van der Waals surface area contributed by atoms with Crippen molar-refractivity contribution in [3.8, 4) is 0 Å². The van der Waals surface area contributed by atoms with Crippen molar-refractivity contribution < 1.29 is 27.5 Å². The second kappa shape index (κ2) is 7.18. The van der Waals surface area contributed by atoms with Gasteiger partial charge in [-0.05, 0) is 42.5 Å². The van der Waals surface area contributed by atoms with Gasteiger partial charge in [-0.1, -0.05) is 0 Å². The number of aromatic nitrogens is 1. The molecule has 9 heteroatoms. The van der Waals surface area contributed by atoms with Crippen molar-refractivity contribution in [2.45, 2.75) is 6.18 Å². The Hall–Kier alpha value is -3.62. The van der Waals surface area contributed by atoms with Crippen molar-refractivity contribution in [2.24, 2.45) is 0 Å². The van der Waals surface area contributed by atoms with Crippen LogP contribution in [0.1, 0.15) is 26.3 Å². The number of aromatic amines is 1. The van der Waals surface area contributed by atoms with Crippen molar-refractivity contribution in [1.29, 1.82) is 0 Å². The van der Waals surface area contributed by atoms with Crippen LogP contribution >= 0.6 is 0 Å². The largest absolute Gasteiger partial charge is 0.465 e. The number of amides is 1. The lowest BCUT2D eigenvalue weighted by Crippen LogP contribution is -2.22. The highest BCUT2D eigenvalue weighted by Gasteiger charge is 2.30. The second-order valence-electron chi connectivity index (χ2n) is 5.81. The number of alkyl halides is 3. The number of esters is 1. The summed E-state index contributed by atoms with van der Waals surface area (Å²) in [6, 6.07) is 8.40. The van der Waals surface area contributed by atoms with E-state index in [-0.39, 0.29) is 22.0 Å². The van der Waals surface area contributed by atoms with Crippen LogP contribution in [0, 0.1) is 0 Å². The SMILES string of the molecule is COC(=O)c1ccc(NC(=O)c2c[nH]c3cc(C(F)(F)F)ccc3c2=O)cc1. The van der Waals surface area contributed by atoms with Gasteiger partial charge in [0.1, 0.15) is 5.56 Å². The van der Waals surface area contributed by atoms with Crippen LogP contribution < -0.4 is 10.7 Å². The quantitative estimate of drug-likeness (QED) is 0.669. The van der Waals surface area contributed by atoms with Gasteiger partial charge in [0.05, 0.1) is 18.2 Å². The fourth-order valence-electron chi connectivity index (χ4n) is 2.57. The smallest absolute Gasteiger partial charge is 0.416 e. The van der Waals surface area contributed by atoms with Crippen molar-refractivity contribution in [1.82, 2.24) is 4.98 Å². The molecule has 3 aromatic rings. The van der Waals surface area contributed by atoms with Crippen LogP contribution in [-0.2, 0) is 10.9 Å². The molecule has 0 aliphatic carbocycles. The van der Waals surface area contributed by atoms with Crippen LogP contribution in [0.2, 0.25) is 0 Å². The molecule has 2 N–H and O–H groups in total. The molecule has 0 fully saturated rings. The third-order valence-electron chi connectivity index (χ3n) is 4.02. The standard InChI is InChI=1S/C19H13F3N2O4/c1-28-18(27)10-2-5-12(6-3-10)24-17(26)14-9-23-15-8-11(19(20,21)22)4-7-13(15)16(14)25/h2-9H,1H3,(H,23,25)(H,24,26). The van der Waals surface area contributed by atoms with E-state index in [0.29, 0.717) is 5.69 Å². The first-order valence-corrected chi connectivity index (χ1v) is 7.93. The van der Waals surface area contributed by atoms with E-state index < -0.39 is 29.0 Å². The van der Waals surface area contributed by atoms with Gasteiger partial charge in [0.2, 0.25) is 5.43 Å². The molecule has 0 unspecified atom stereocenters. The number of pyridine rings is 1. The van der Waals surface area contributed by atoms with E-state index in [9.17, 15) is 27.6 Å². The zero-order chi connectivity index (χ0) is 20.5. The Kier molecular flexibility index (Phi) is 4.91. The highest BCUT2D eigenvalue weighted by molar-refractivity contribution is 6.05. The van der Waals surface area contributed by atoms with E-state index in [2.05, 4.69) is 15.0 Å². The zero-order valence-electron chi connectivity index (χ0n) is 14.4. The monoisotopic (exact) mass is 390 g/mol. The number of nitrogens with one attached hydrogen (secondary N) is 2. The Morgan fingerprint density at radius 2 is 1.75 bits per heavy atom. The molecule has 0 saturated heterocycles. The first-order chi connectivity index (χ1) is 13.2. The summed E-state index contributed by atoms with van der Waals surface area (Å²) in [6.45, 7) is 0. The molecule has 144 valence electrons. The Labute approximate surface area is 155 Å². The minimum absolute atomic E-state index is 0.0289. The van der Waals surface area contributed by atoms with Gasteiger partial charge in [0.25, 0.3) is 5.91 Å². The van der Waals surface area contributed by atoms with Crippen LogP contribution in [0.4, 0.5) is 18.9 Å². The number of halogens is 3. The van der Waals surface area contributed by atoms with Crippen molar-refractivity contribution in [2.75, 3.05) is 12.4 Å². The molecule has 0 bridgehead atoms. The molecule has 1 heterocycles. The van der Waals surface area contributed by atoms with Crippen LogP contribution in [0.5, 0.6) is 0 Å². The first kappa shape index (κ1) is 19.2. The summed E-state index contributed by atoms with van der Waals surface area (Å²) >= 11 is 0. The average molecular weight is 390 g/mol. The number of rotatable bonds is 3. The summed E-state index contributed by atoms with van der Waals surface area (Å²) in [5.41, 5.74) is -1.29. The van der Waals surface area contributed by atoms with Crippen molar-refractivity contribution in [3.05, 3.63) is 75.6 Å². The average Bonchev–Trinajstić information content (AvgIpc) is 2.67. The van der Waals surface area contributed by atoms with Crippen LogP contribution in [0.3, 0.4) is 0 Å². The molecule has 0 spiro atoms. The van der Waals surface area contributed by atoms with Gasteiger partial charge >= 0.3 is 12.1 Å². The second-order valence-corrected chi connectivity index (χ2v) is 5.81. The van der Waals surface area contributed by atoms with Crippen molar-refractivity contribution >= 4 is 28.5 Å². The lowest BCUT2D eigenvalue weighted by molar-refractivity contribution is -0.137. The molecular formula is C19H13F3N2O4. The topological polar surface area (TPSA) is 88.3 Å². The molecule has 2 aromatic carbocycles. The Balaban J connectivity index is 1.88. The molecule has 0 radical (unpaired) electrons. The molecule has 1 aromatic heterocycles. The molecular weight excluding hydrogens is 377 g/mol. The van der Waals surface area contributed by atoms with E-state index in [1.807, 2.05) is 0 Å². The molecule has 6 nitrogen and oxygen atoms in total. The predicted octanol–water partition coefficient (Wildman–Crippen LogP) is 3.59. The van der Waals surface area contributed by atoms with Gasteiger partial charge in [-0.25, -0.2) is 4.79 Å². The summed E-state index contributed by atoms with van der Waals surface area (Å²) in [5, 5.41) is 2.45. The predicted molar refractivity (Wildman–Crippen MR) is 95.3 cm³/mol. The number of carbonyl (C=O) groups excluding carboxylic acids is 2. The lowest BCUT2D eigenvalue weighted by atomic mass is 10.1. The summed E-state index contributed by atoms with van der Waals surface area (Å²) < 4.78 is 42.9. The summed E-state index contributed by atoms with van der Waals surface area (Å²) in [6.07, 6.45) is -3.49. The fourth-order valence-corrected chi connectivity index (χ4v) is 2.57. The summed E-state index contributed by atoms with van der Waals surface area (Å²) in [5.74, 6) is -1.28. The van der Waals surface area contributed by atoms with Gasteiger partial charge in [-0.3, -0.25) is 9.59 Å². The minimum atomic E-state index is -4.54. The van der Waals surface area contributed by atoms with Crippen LogP contribution in [0.15, 0.2) is 53.5 Å². The highest BCUT2D eigenvalue weighted by Crippen LogP contribution is 2.30. The van der Waals surface area contributed by atoms with Crippen LogP contribution in [0.25, 0.3) is 10.9 Å². The molecule has 28 heavy (non-hydrogen) atoms. The van der Waals surface area contributed by atoms with E-state index in [4.69, 9.17) is 0 Å². The number of methoxy groups -OCH3 is 1. The fraction of sp³-hybridized carbons (Fsp3) is 0.105. The van der Waals surface area contributed by atoms with E-state index in [1.165, 1.54) is 31.4 Å². The third kappa shape index (κ3) is 3.73. The van der Waals surface area contributed by atoms with Crippen molar-refractivity contribution in [3.63, 3.8) is 0 Å². The highest BCUT2D eigenvalue weighted by atomic mass is 19.4. The number of hydrogen-bond donors (Lipinski definition) is 2. The number of hydrogen-bond acceptors (Lipinski definition) is 4. The Bertz CT molecular complexity index is 1120. The van der Waals surface area contributed by atoms with E-state index >= 15 is 0 Å². The number of fused-ring (bicyclic) bond motifs is 1. The maximum Gasteiger partial charge on any atom is 0.416 e. The maximum absolute atomic E-state index is 12.8. The molecule has 0 aliphatic heterocycles. The Morgan fingerprint density at radius 3 is 2.36 bits per heavy atom. The van der Waals surface area contributed by atoms with Gasteiger partial charge < -0.3 is 15.0 Å². The number of ether oxygens (including phenoxy) is 1. The van der Waals surface area contributed by atoms with E-state index in [0.717, 1.165) is 24.4 Å².